The van der Waals surface area contributed by atoms with Crippen molar-refractivity contribution in [1.82, 2.24) is 4.90 Å². The Bertz CT molecular complexity index is 645. The smallest absolute Gasteiger partial charge is 0.335 e. The molecule has 0 radical (unpaired) electrons. The number of benzene rings is 2. The summed E-state index contributed by atoms with van der Waals surface area (Å²) in [6.07, 6.45) is 0. The van der Waals surface area contributed by atoms with Gasteiger partial charge in [-0.2, -0.15) is 0 Å². The number of carbonyl (C=O) groups excluding carboxylic acids is 1. The van der Waals surface area contributed by atoms with Gasteiger partial charge in [-0.1, -0.05) is 24.3 Å². The van der Waals surface area contributed by atoms with Gasteiger partial charge in [-0.25, -0.2) is 4.79 Å². The molecule has 0 aliphatic rings. The molecule has 2 aromatic carbocycles. The van der Waals surface area contributed by atoms with Crippen molar-refractivity contribution in [1.29, 1.82) is 0 Å². The molecule has 0 atom stereocenters. The second-order valence-corrected chi connectivity index (χ2v) is 4.66. The number of rotatable bonds is 3. The van der Waals surface area contributed by atoms with E-state index in [1.165, 1.54) is 4.90 Å². The SMILES string of the molecule is CN(C)C(=O)c1cccc(-c2ccc(C(=O)O)cc2)c1. The largest absolute Gasteiger partial charge is 0.478 e. The summed E-state index contributed by atoms with van der Waals surface area (Å²) in [5.74, 6) is -1.01. The summed E-state index contributed by atoms with van der Waals surface area (Å²) in [6, 6.07) is 13.9. The van der Waals surface area contributed by atoms with E-state index in [0.29, 0.717) is 5.56 Å². The summed E-state index contributed by atoms with van der Waals surface area (Å²) in [5, 5.41) is 8.87. The molecule has 2 rings (SSSR count). The third-order valence-corrected chi connectivity index (χ3v) is 2.98. The van der Waals surface area contributed by atoms with Gasteiger partial charge in [0.05, 0.1) is 5.56 Å². The van der Waals surface area contributed by atoms with Gasteiger partial charge in [0.2, 0.25) is 0 Å². The topological polar surface area (TPSA) is 57.6 Å². The highest BCUT2D eigenvalue weighted by molar-refractivity contribution is 5.95. The van der Waals surface area contributed by atoms with Crippen molar-refractivity contribution in [3.8, 4) is 11.1 Å². The molecular formula is C16H15NO3. The first-order valence-corrected chi connectivity index (χ1v) is 6.14. The minimum atomic E-state index is -0.951. The number of hydrogen-bond acceptors (Lipinski definition) is 2. The van der Waals surface area contributed by atoms with Crippen LogP contribution in [0.2, 0.25) is 0 Å². The monoisotopic (exact) mass is 269 g/mol. The van der Waals surface area contributed by atoms with E-state index in [9.17, 15) is 9.59 Å². The van der Waals surface area contributed by atoms with Crippen LogP contribution < -0.4 is 0 Å². The lowest BCUT2D eigenvalue weighted by molar-refractivity contribution is 0.0696. The maximum Gasteiger partial charge on any atom is 0.335 e. The number of nitrogens with zero attached hydrogens (tertiary/aromatic N) is 1. The number of carboxylic acids is 1. The summed E-state index contributed by atoms with van der Waals surface area (Å²) in [6.45, 7) is 0. The number of aromatic carboxylic acids is 1. The lowest BCUT2D eigenvalue weighted by Crippen LogP contribution is -2.21. The molecule has 0 unspecified atom stereocenters. The molecule has 2 aromatic rings. The van der Waals surface area contributed by atoms with E-state index >= 15 is 0 Å². The van der Waals surface area contributed by atoms with Gasteiger partial charge < -0.3 is 10.0 Å². The predicted octanol–water partition coefficient (Wildman–Crippen LogP) is 2.75. The Morgan fingerprint density at radius 2 is 1.55 bits per heavy atom. The summed E-state index contributed by atoms with van der Waals surface area (Å²) in [4.78, 5) is 24.3. The molecule has 0 aliphatic carbocycles. The summed E-state index contributed by atoms with van der Waals surface area (Å²) in [7, 11) is 3.41. The van der Waals surface area contributed by atoms with Crippen molar-refractivity contribution in [2.45, 2.75) is 0 Å². The molecule has 0 aliphatic heterocycles. The lowest BCUT2D eigenvalue weighted by Gasteiger charge is -2.11. The molecule has 0 saturated heterocycles. The fourth-order valence-corrected chi connectivity index (χ4v) is 1.90. The van der Waals surface area contributed by atoms with Gasteiger partial charge in [-0.3, -0.25) is 4.79 Å². The highest BCUT2D eigenvalue weighted by Gasteiger charge is 2.09. The molecule has 0 fully saturated rings. The Balaban J connectivity index is 2.36. The summed E-state index contributed by atoms with van der Waals surface area (Å²) < 4.78 is 0. The summed E-state index contributed by atoms with van der Waals surface area (Å²) in [5.41, 5.74) is 2.61. The fraction of sp³-hybridized carbons (Fsp3) is 0.125. The normalized spacial score (nSPS) is 10.1. The second kappa shape index (κ2) is 5.57. The maximum atomic E-state index is 11.9. The van der Waals surface area contributed by atoms with E-state index < -0.39 is 5.97 Å². The average Bonchev–Trinajstić information content (AvgIpc) is 2.46. The maximum absolute atomic E-state index is 11.9. The number of carboxylic acid groups (broad SMARTS) is 1. The first kappa shape index (κ1) is 13.8. The van der Waals surface area contributed by atoms with E-state index in [0.717, 1.165) is 11.1 Å². The van der Waals surface area contributed by atoms with Crippen molar-refractivity contribution in [3.05, 3.63) is 59.7 Å². The molecule has 4 nitrogen and oxygen atoms in total. The van der Waals surface area contributed by atoms with E-state index in [-0.39, 0.29) is 11.5 Å². The van der Waals surface area contributed by atoms with Crippen molar-refractivity contribution in [3.63, 3.8) is 0 Å². The van der Waals surface area contributed by atoms with Gasteiger partial charge in [0.15, 0.2) is 0 Å². The Morgan fingerprint density at radius 3 is 2.10 bits per heavy atom. The molecule has 1 amide bonds. The molecule has 0 heterocycles. The van der Waals surface area contributed by atoms with Crippen LogP contribution in [-0.2, 0) is 0 Å². The van der Waals surface area contributed by atoms with Crippen LogP contribution in [0.4, 0.5) is 0 Å². The predicted molar refractivity (Wildman–Crippen MR) is 76.9 cm³/mol. The van der Waals surface area contributed by atoms with Gasteiger partial charge in [0.25, 0.3) is 5.91 Å². The highest BCUT2D eigenvalue weighted by atomic mass is 16.4. The number of carbonyl (C=O) groups is 2. The molecule has 1 N–H and O–H groups in total. The van der Waals surface area contributed by atoms with Gasteiger partial charge in [-0.05, 0) is 35.4 Å². The van der Waals surface area contributed by atoms with Crippen molar-refractivity contribution in [2.75, 3.05) is 14.1 Å². The first-order valence-electron chi connectivity index (χ1n) is 6.14. The molecule has 0 spiro atoms. The molecular weight excluding hydrogens is 254 g/mol. The van der Waals surface area contributed by atoms with E-state index in [4.69, 9.17) is 5.11 Å². The third-order valence-electron chi connectivity index (χ3n) is 2.98. The average molecular weight is 269 g/mol. The third kappa shape index (κ3) is 2.85. The van der Waals surface area contributed by atoms with Crippen LogP contribution >= 0.6 is 0 Å². The minimum Gasteiger partial charge on any atom is -0.478 e. The summed E-state index contributed by atoms with van der Waals surface area (Å²) >= 11 is 0. The zero-order valence-electron chi connectivity index (χ0n) is 11.3. The first-order chi connectivity index (χ1) is 9.49. The van der Waals surface area contributed by atoms with Gasteiger partial charge >= 0.3 is 5.97 Å². The fourth-order valence-electron chi connectivity index (χ4n) is 1.90. The Kier molecular flexibility index (Phi) is 3.84. The van der Waals surface area contributed by atoms with Gasteiger partial charge in [0.1, 0.15) is 0 Å². The van der Waals surface area contributed by atoms with E-state index in [2.05, 4.69) is 0 Å². The van der Waals surface area contributed by atoms with Crippen molar-refractivity contribution >= 4 is 11.9 Å². The Hall–Kier alpha value is -2.62. The Labute approximate surface area is 117 Å². The minimum absolute atomic E-state index is 0.0611. The zero-order valence-corrected chi connectivity index (χ0v) is 11.3. The van der Waals surface area contributed by atoms with Crippen LogP contribution in [-0.4, -0.2) is 36.0 Å². The molecule has 4 heteroatoms. The number of amides is 1. The van der Waals surface area contributed by atoms with Gasteiger partial charge in [-0.15, -0.1) is 0 Å². The van der Waals surface area contributed by atoms with Gasteiger partial charge in [0, 0.05) is 19.7 Å². The molecule has 20 heavy (non-hydrogen) atoms. The van der Waals surface area contributed by atoms with Crippen LogP contribution in [0.15, 0.2) is 48.5 Å². The van der Waals surface area contributed by atoms with Crippen LogP contribution in [0.5, 0.6) is 0 Å². The van der Waals surface area contributed by atoms with Crippen LogP contribution in [0, 0.1) is 0 Å². The molecule has 0 bridgehead atoms. The van der Waals surface area contributed by atoms with Crippen LogP contribution in [0.3, 0.4) is 0 Å². The standard InChI is InChI=1S/C16H15NO3/c1-17(2)15(18)14-5-3-4-13(10-14)11-6-8-12(9-7-11)16(19)20/h3-10H,1-2H3,(H,19,20). The van der Waals surface area contributed by atoms with Crippen LogP contribution in [0.1, 0.15) is 20.7 Å². The van der Waals surface area contributed by atoms with E-state index in [1.807, 2.05) is 12.1 Å². The quantitative estimate of drug-likeness (QED) is 0.932. The van der Waals surface area contributed by atoms with Crippen molar-refractivity contribution in [2.24, 2.45) is 0 Å². The van der Waals surface area contributed by atoms with Crippen LogP contribution in [0.25, 0.3) is 11.1 Å². The molecule has 0 aromatic heterocycles. The zero-order chi connectivity index (χ0) is 14.7. The van der Waals surface area contributed by atoms with Crippen molar-refractivity contribution < 1.29 is 14.7 Å². The Morgan fingerprint density at radius 1 is 0.900 bits per heavy atom. The molecule has 0 saturated carbocycles. The lowest BCUT2D eigenvalue weighted by atomic mass is 10.0. The van der Waals surface area contributed by atoms with E-state index in [1.54, 1.807) is 50.5 Å². The second-order valence-electron chi connectivity index (χ2n) is 4.66. The highest BCUT2D eigenvalue weighted by Crippen LogP contribution is 2.21. The molecule has 102 valence electrons. The number of hydrogen-bond donors (Lipinski definition) is 1.